The summed E-state index contributed by atoms with van der Waals surface area (Å²) in [5, 5.41) is 0.462. The fraction of sp³-hybridized carbons (Fsp3) is 0.150. The molecule has 1 heterocycles. The third kappa shape index (κ3) is 3.82. The summed E-state index contributed by atoms with van der Waals surface area (Å²) in [6.45, 7) is 3.84. The molecule has 7 nitrogen and oxygen atoms in total. The first kappa shape index (κ1) is 18.2. The van der Waals surface area contributed by atoms with Crippen LogP contribution >= 0.6 is 0 Å². The van der Waals surface area contributed by atoms with Crippen LogP contribution < -0.4 is 14.3 Å². The number of hydrogen-bond acceptors (Lipinski definition) is 6. The van der Waals surface area contributed by atoms with Gasteiger partial charge in [-0.3, -0.25) is 9.59 Å². The number of nitrogens with zero attached hydrogens (tertiary/aromatic N) is 1. The Morgan fingerprint density at radius 1 is 0.815 bits per heavy atom. The van der Waals surface area contributed by atoms with Gasteiger partial charge in [-0.1, -0.05) is 30.3 Å². The Hall–Kier alpha value is -3.61. The summed E-state index contributed by atoms with van der Waals surface area (Å²) >= 11 is 0. The number of rotatable bonds is 4. The molecule has 0 fully saturated rings. The van der Waals surface area contributed by atoms with E-state index in [9.17, 15) is 14.4 Å². The lowest BCUT2D eigenvalue weighted by molar-refractivity contribution is -0.140. The van der Waals surface area contributed by atoms with Crippen LogP contribution in [0.3, 0.4) is 0 Å². The van der Waals surface area contributed by atoms with Gasteiger partial charge in [0.25, 0.3) is 0 Å². The first-order chi connectivity index (χ1) is 12.9. The molecule has 7 heteroatoms. The van der Waals surface area contributed by atoms with Crippen LogP contribution in [-0.2, 0) is 14.4 Å². The van der Waals surface area contributed by atoms with Crippen molar-refractivity contribution in [2.45, 2.75) is 20.8 Å². The molecule has 0 unspecified atom stereocenters. The largest absolute Gasteiger partial charge is 0.427 e. The number of esters is 2. The van der Waals surface area contributed by atoms with E-state index in [-0.39, 0.29) is 11.5 Å². The van der Waals surface area contributed by atoms with Crippen molar-refractivity contribution in [1.82, 2.24) is 4.73 Å². The third-order valence-electron chi connectivity index (χ3n) is 3.62. The van der Waals surface area contributed by atoms with E-state index >= 15 is 0 Å². The number of carbonyl (C=O) groups excluding carboxylic acids is 3. The molecule has 0 N–H and O–H groups in total. The SMILES string of the molecule is CC(=O)Oc1ccc2c(c1)c(OC(C)=O)c(-c1ccccc1)n2OC(C)=O. The summed E-state index contributed by atoms with van der Waals surface area (Å²) in [6, 6.07) is 13.8. The van der Waals surface area contributed by atoms with Gasteiger partial charge in [0.15, 0.2) is 5.75 Å². The van der Waals surface area contributed by atoms with Crippen molar-refractivity contribution >= 4 is 28.8 Å². The molecule has 0 saturated heterocycles. The number of ether oxygens (including phenoxy) is 2. The van der Waals surface area contributed by atoms with Crippen LogP contribution in [0.25, 0.3) is 22.2 Å². The highest BCUT2D eigenvalue weighted by Gasteiger charge is 2.24. The van der Waals surface area contributed by atoms with Gasteiger partial charge in [-0.2, -0.15) is 4.73 Å². The van der Waals surface area contributed by atoms with E-state index in [1.165, 1.54) is 25.5 Å². The molecule has 0 amide bonds. The fourth-order valence-electron chi connectivity index (χ4n) is 2.76. The Labute approximate surface area is 155 Å². The maximum atomic E-state index is 11.7. The maximum Gasteiger partial charge on any atom is 0.329 e. The molecule has 3 rings (SSSR count). The van der Waals surface area contributed by atoms with Crippen molar-refractivity contribution in [1.29, 1.82) is 0 Å². The summed E-state index contributed by atoms with van der Waals surface area (Å²) in [5.41, 5.74) is 1.56. The Bertz CT molecular complexity index is 1040. The second-order valence-corrected chi connectivity index (χ2v) is 5.79. The smallest absolute Gasteiger partial charge is 0.329 e. The van der Waals surface area contributed by atoms with Crippen LogP contribution in [-0.4, -0.2) is 22.6 Å². The minimum atomic E-state index is -0.539. The molecule has 0 atom stereocenters. The van der Waals surface area contributed by atoms with Gasteiger partial charge in [-0.05, 0) is 18.2 Å². The average molecular weight is 367 g/mol. The zero-order valence-corrected chi connectivity index (χ0v) is 15.0. The molecule has 0 bridgehead atoms. The molecule has 27 heavy (non-hydrogen) atoms. The predicted octanol–water partition coefficient (Wildman–Crippen LogP) is 3.13. The van der Waals surface area contributed by atoms with Crippen LogP contribution in [0.1, 0.15) is 20.8 Å². The quantitative estimate of drug-likeness (QED) is 0.520. The number of fused-ring (bicyclic) bond motifs is 1. The molecule has 0 aliphatic carbocycles. The van der Waals surface area contributed by atoms with Gasteiger partial charge >= 0.3 is 17.9 Å². The second-order valence-electron chi connectivity index (χ2n) is 5.79. The van der Waals surface area contributed by atoms with Gasteiger partial charge in [0.05, 0.1) is 10.9 Å². The number of hydrogen-bond donors (Lipinski definition) is 0. The number of aromatic nitrogens is 1. The Morgan fingerprint density at radius 2 is 1.48 bits per heavy atom. The van der Waals surface area contributed by atoms with Crippen molar-refractivity contribution in [2.24, 2.45) is 0 Å². The molecular formula is C20H17NO6. The van der Waals surface area contributed by atoms with E-state index in [0.717, 1.165) is 0 Å². The molecule has 3 aromatic rings. The Balaban J connectivity index is 2.35. The maximum absolute atomic E-state index is 11.7. The average Bonchev–Trinajstić information content (AvgIpc) is 2.87. The summed E-state index contributed by atoms with van der Waals surface area (Å²) in [4.78, 5) is 40.0. The highest BCUT2D eigenvalue weighted by molar-refractivity contribution is 5.98. The second kappa shape index (κ2) is 7.33. The molecule has 138 valence electrons. The molecular weight excluding hydrogens is 350 g/mol. The van der Waals surface area contributed by atoms with E-state index in [1.807, 2.05) is 18.2 Å². The van der Waals surface area contributed by atoms with Crippen LogP contribution in [0, 0.1) is 0 Å². The van der Waals surface area contributed by atoms with Gasteiger partial charge < -0.3 is 14.3 Å². The van der Waals surface area contributed by atoms with E-state index in [0.29, 0.717) is 22.2 Å². The monoisotopic (exact) mass is 367 g/mol. The van der Waals surface area contributed by atoms with Gasteiger partial charge in [0.2, 0.25) is 0 Å². The van der Waals surface area contributed by atoms with Gasteiger partial charge in [-0.25, -0.2) is 4.79 Å². The van der Waals surface area contributed by atoms with E-state index in [1.54, 1.807) is 30.3 Å². The van der Waals surface area contributed by atoms with Crippen molar-refractivity contribution in [3.63, 3.8) is 0 Å². The van der Waals surface area contributed by atoms with Crippen molar-refractivity contribution in [3.05, 3.63) is 48.5 Å². The molecule has 0 aliphatic heterocycles. The fourth-order valence-corrected chi connectivity index (χ4v) is 2.76. The van der Waals surface area contributed by atoms with Crippen LogP contribution in [0.15, 0.2) is 48.5 Å². The highest BCUT2D eigenvalue weighted by atomic mass is 16.7. The van der Waals surface area contributed by atoms with Crippen LogP contribution in [0.4, 0.5) is 0 Å². The zero-order valence-electron chi connectivity index (χ0n) is 15.0. The molecule has 0 spiro atoms. The Kier molecular flexibility index (Phi) is 4.94. The Morgan fingerprint density at radius 3 is 2.07 bits per heavy atom. The lowest BCUT2D eigenvalue weighted by atomic mass is 10.1. The van der Waals surface area contributed by atoms with Gasteiger partial charge in [-0.15, -0.1) is 0 Å². The minimum absolute atomic E-state index is 0.207. The van der Waals surface area contributed by atoms with Crippen LogP contribution in [0.5, 0.6) is 11.5 Å². The topological polar surface area (TPSA) is 83.8 Å². The lowest BCUT2D eigenvalue weighted by Crippen LogP contribution is -2.17. The van der Waals surface area contributed by atoms with Crippen molar-refractivity contribution < 1.29 is 28.7 Å². The summed E-state index contributed by atoms with van der Waals surface area (Å²) < 4.78 is 11.9. The number of carbonyl (C=O) groups is 3. The van der Waals surface area contributed by atoms with Crippen molar-refractivity contribution in [2.75, 3.05) is 0 Å². The predicted molar refractivity (Wildman–Crippen MR) is 97.3 cm³/mol. The third-order valence-corrected chi connectivity index (χ3v) is 3.62. The normalized spacial score (nSPS) is 10.5. The van der Waals surface area contributed by atoms with E-state index < -0.39 is 17.9 Å². The highest BCUT2D eigenvalue weighted by Crippen LogP contribution is 2.41. The summed E-state index contributed by atoms with van der Waals surface area (Å²) in [7, 11) is 0. The lowest BCUT2D eigenvalue weighted by Gasteiger charge is -2.10. The molecule has 0 saturated carbocycles. The van der Waals surface area contributed by atoms with Crippen molar-refractivity contribution in [3.8, 4) is 22.8 Å². The van der Waals surface area contributed by atoms with E-state index in [4.69, 9.17) is 14.3 Å². The zero-order chi connectivity index (χ0) is 19.6. The molecule has 2 aromatic carbocycles. The first-order valence-electron chi connectivity index (χ1n) is 8.16. The summed E-state index contributed by atoms with van der Waals surface area (Å²) in [5.74, 6) is -1.07. The number of benzene rings is 2. The van der Waals surface area contributed by atoms with Gasteiger partial charge in [0.1, 0.15) is 11.4 Å². The molecule has 0 aliphatic rings. The van der Waals surface area contributed by atoms with Crippen LogP contribution in [0.2, 0.25) is 0 Å². The van der Waals surface area contributed by atoms with Gasteiger partial charge in [0, 0.05) is 26.3 Å². The molecule has 0 radical (unpaired) electrons. The minimum Gasteiger partial charge on any atom is -0.427 e. The summed E-state index contributed by atoms with van der Waals surface area (Å²) in [6.07, 6.45) is 0. The first-order valence-corrected chi connectivity index (χ1v) is 8.16. The molecule has 1 aromatic heterocycles. The van der Waals surface area contributed by atoms with E-state index in [2.05, 4.69) is 0 Å². The standard InChI is InChI=1S/C20H17NO6/c1-12(22)25-16-9-10-18-17(11-16)20(26-13(2)23)19(21(18)27-14(3)24)15-7-5-4-6-8-15/h4-11H,1-3H3.